The van der Waals surface area contributed by atoms with Crippen LogP contribution in [0.15, 0.2) is 42.5 Å². The van der Waals surface area contributed by atoms with E-state index >= 15 is 0 Å². The van der Waals surface area contributed by atoms with Gasteiger partial charge < -0.3 is 15.4 Å². The molecule has 0 atom stereocenters. The summed E-state index contributed by atoms with van der Waals surface area (Å²) in [5, 5.41) is 4.55. The fraction of sp³-hybridized carbons (Fsp3) is 0.222. The molecule has 2 N–H and O–H groups in total. The first-order valence-corrected chi connectivity index (χ1v) is 7.61. The zero-order chi connectivity index (χ0) is 19.3. The number of anilines is 2. The van der Waals surface area contributed by atoms with Gasteiger partial charge in [-0.3, -0.25) is 9.59 Å². The lowest BCUT2D eigenvalue weighted by molar-refractivity contribution is -0.137. The molecular weight excluding hydrogens is 349 g/mol. The summed E-state index contributed by atoms with van der Waals surface area (Å²) >= 11 is 0. The Kier molecular flexibility index (Phi) is 5.86. The molecule has 0 heterocycles. The number of halogens is 3. The first kappa shape index (κ1) is 19.3. The van der Waals surface area contributed by atoms with Crippen LogP contribution >= 0.6 is 0 Å². The number of amides is 2. The molecule has 0 spiro atoms. The molecule has 2 aromatic carbocycles. The normalized spacial score (nSPS) is 11.0. The van der Waals surface area contributed by atoms with Crippen LogP contribution in [-0.4, -0.2) is 18.9 Å². The maximum Gasteiger partial charge on any atom is 0.418 e. The number of alkyl halides is 3. The minimum absolute atomic E-state index is 0.00690. The van der Waals surface area contributed by atoms with Crippen LogP contribution in [0.1, 0.15) is 18.1 Å². The number of hydrogen-bond acceptors (Lipinski definition) is 3. The smallest absolute Gasteiger partial charge is 0.418 e. The molecule has 2 aromatic rings. The van der Waals surface area contributed by atoms with Gasteiger partial charge >= 0.3 is 6.18 Å². The van der Waals surface area contributed by atoms with Gasteiger partial charge in [0.15, 0.2) is 0 Å². The fourth-order valence-corrected chi connectivity index (χ4v) is 2.39. The van der Waals surface area contributed by atoms with Crippen molar-refractivity contribution in [3.05, 3.63) is 53.6 Å². The van der Waals surface area contributed by atoms with Gasteiger partial charge in [-0.2, -0.15) is 13.2 Å². The Morgan fingerprint density at radius 1 is 1.08 bits per heavy atom. The van der Waals surface area contributed by atoms with Crippen LogP contribution in [0, 0.1) is 0 Å². The number of carbonyl (C=O) groups excluding carboxylic acids is 2. The van der Waals surface area contributed by atoms with Crippen molar-refractivity contribution in [1.82, 2.24) is 0 Å². The molecule has 8 heteroatoms. The van der Waals surface area contributed by atoms with Gasteiger partial charge in [-0.05, 0) is 24.3 Å². The average molecular weight is 366 g/mol. The zero-order valence-electron chi connectivity index (χ0n) is 14.1. The van der Waals surface area contributed by atoms with Crippen LogP contribution in [0.25, 0.3) is 0 Å². The van der Waals surface area contributed by atoms with Crippen LogP contribution in [-0.2, 0) is 22.2 Å². The van der Waals surface area contributed by atoms with E-state index in [0.29, 0.717) is 11.3 Å². The molecule has 0 radical (unpaired) electrons. The van der Waals surface area contributed by atoms with Gasteiger partial charge in [0.25, 0.3) is 0 Å². The Bertz CT molecular complexity index is 820. The predicted molar refractivity (Wildman–Crippen MR) is 91.1 cm³/mol. The molecule has 26 heavy (non-hydrogen) atoms. The summed E-state index contributed by atoms with van der Waals surface area (Å²) in [5.41, 5.74) is -0.882. The van der Waals surface area contributed by atoms with Gasteiger partial charge in [0.2, 0.25) is 11.8 Å². The third kappa shape index (κ3) is 4.98. The second-order valence-corrected chi connectivity index (χ2v) is 5.48. The van der Waals surface area contributed by atoms with Gasteiger partial charge in [0.1, 0.15) is 5.75 Å². The van der Waals surface area contributed by atoms with Crippen molar-refractivity contribution in [2.24, 2.45) is 0 Å². The molecule has 0 aliphatic rings. The number of ether oxygens (including phenoxy) is 1. The van der Waals surface area contributed by atoms with Crippen LogP contribution < -0.4 is 15.4 Å². The maximum atomic E-state index is 13.3. The summed E-state index contributed by atoms with van der Waals surface area (Å²) in [7, 11) is 1.44. The van der Waals surface area contributed by atoms with E-state index in [0.717, 1.165) is 12.1 Å². The molecule has 0 aliphatic heterocycles. The lowest BCUT2D eigenvalue weighted by Gasteiger charge is -2.16. The highest BCUT2D eigenvalue weighted by atomic mass is 19.4. The minimum atomic E-state index is -4.69. The van der Waals surface area contributed by atoms with Gasteiger partial charge in [-0.15, -0.1) is 0 Å². The summed E-state index contributed by atoms with van der Waals surface area (Å²) < 4.78 is 45.0. The van der Waals surface area contributed by atoms with Crippen LogP contribution in [0.2, 0.25) is 0 Å². The van der Waals surface area contributed by atoms with E-state index in [1.807, 2.05) is 0 Å². The standard InChI is InChI=1S/C18H17F3N2O3/c1-11(24)22-13-7-8-15(14(10-13)18(19,20)21)23-17(25)9-12-5-3-4-6-16(12)26-2/h3-8,10H,9H2,1-2H3,(H,22,24)(H,23,25). The van der Waals surface area contributed by atoms with E-state index in [2.05, 4.69) is 10.6 Å². The Hall–Kier alpha value is -3.03. The van der Waals surface area contributed by atoms with E-state index in [9.17, 15) is 22.8 Å². The molecule has 0 fully saturated rings. The van der Waals surface area contributed by atoms with E-state index < -0.39 is 23.6 Å². The van der Waals surface area contributed by atoms with Crippen molar-refractivity contribution in [1.29, 1.82) is 0 Å². The number of para-hydroxylation sites is 1. The molecule has 2 rings (SSSR count). The van der Waals surface area contributed by atoms with E-state index in [1.54, 1.807) is 24.3 Å². The third-order valence-electron chi connectivity index (χ3n) is 3.46. The van der Waals surface area contributed by atoms with Crippen LogP contribution in [0.4, 0.5) is 24.5 Å². The van der Waals surface area contributed by atoms with Crippen molar-refractivity contribution in [3.8, 4) is 5.75 Å². The summed E-state index contributed by atoms with van der Waals surface area (Å²) in [4.78, 5) is 23.2. The van der Waals surface area contributed by atoms with Crippen molar-refractivity contribution < 1.29 is 27.5 Å². The summed E-state index contributed by atoms with van der Waals surface area (Å²) in [6.07, 6.45) is -4.84. The number of benzene rings is 2. The lowest BCUT2D eigenvalue weighted by Crippen LogP contribution is -2.19. The minimum Gasteiger partial charge on any atom is -0.496 e. The quantitative estimate of drug-likeness (QED) is 0.845. The Labute approximate surface area is 148 Å². The highest BCUT2D eigenvalue weighted by Gasteiger charge is 2.34. The topological polar surface area (TPSA) is 67.4 Å². The first-order chi connectivity index (χ1) is 12.2. The second-order valence-electron chi connectivity index (χ2n) is 5.48. The summed E-state index contributed by atoms with van der Waals surface area (Å²) in [5.74, 6) is -0.641. The predicted octanol–water partition coefficient (Wildman–Crippen LogP) is 3.85. The Morgan fingerprint density at radius 3 is 2.38 bits per heavy atom. The molecule has 0 saturated carbocycles. The number of carbonyl (C=O) groups is 2. The lowest BCUT2D eigenvalue weighted by atomic mass is 10.1. The van der Waals surface area contributed by atoms with Crippen molar-refractivity contribution in [2.45, 2.75) is 19.5 Å². The van der Waals surface area contributed by atoms with E-state index in [4.69, 9.17) is 4.74 Å². The SMILES string of the molecule is COc1ccccc1CC(=O)Nc1ccc(NC(C)=O)cc1C(F)(F)F. The zero-order valence-corrected chi connectivity index (χ0v) is 14.1. The summed E-state index contributed by atoms with van der Waals surface area (Å²) in [6, 6.07) is 9.91. The summed E-state index contributed by atoms with van der Waals surface area (Å²) in [6.45, 7) is 1.19. The van der Waals surface area contributed by atoms with Gasteiger partial charge in [-0.1, -0.05) is 18.2 Å². The monoisotopic (exact) mass is 366 g/mol. The van der Waals surface area contributed by atoms with Crippen molar-refractivity contribution >= 4 is 23.2 Å². The molecule has 2 amide bonds. The van der Waals surface area contributed by atoms with E-state index in [1.165, 1.54) is 20.1 Å². The Balaban J connectivity index is 2.24. The first-order valence-electron chi connectivity index (χ1n) is 7.61. The van der Waals surface area contributed by atoms with Crippen molar-refractivity contribution in [2.75, 3.05) is 17.7 Å². The molecular formula is C18H17F3N2O3. The molecule has 0 unspecified atom stereocenters. The molecule has 0 aliphatic carbocycles. The number of methoxy groups -OCH3 is 1. The highest BCUT2D eigenvalue weighted by molar-refractivity contribution is 5.94. The number of nitrogens with one attached hydrogen (secondary N) is 2. The largest absolute Gasteiger partial charge is 0.496 e. The molecule has 0 bridgehead atoms. The van der Waals surface area contributed by atoms with Crippen molar-refractivity contribution in [3.63, 3.8) is 0 Å². The number of rotatable bonds is 5. The Morgan fingerprint density at radius 2 is 1.77 bits per heavy atom. The molecule has 5 nitrogen and oxygen atoms in total. The highest BCUT2D eigenvalue weighted by Crippen LogP contribution is 2.36. The van der Waals surface area contributed by atoms with E-state index in [-0.39, 0.29) is 17.8 Å². The second kappa shape index (κ2) is 7.90. The average Bonchev–Trinajstić information content (AvgIpc) is 2.55. The number of hydrogen-bond donors (Lipinski definition) is 2. The molecule has 0 aromatic heterocycles. The van der Waals surface area contributed by atoms with Crippen LogP contribution in [0.5, 0.6) is 5.75 Å². The maximum absolute atomic E-state index is 13.3. The van der Waals surface area contributed by atoms with Gasteiger partial charge in [-0.25, -0.2) is 0 Å². The molecule has 0 saturated heterocycles. The fourth-order valence-electron chi connectivity index (χ4n) is 2.39. The van der Waals surface area contributed by atoms with Crippen LogP contribution in [0.3, 0.4) is 0 Å². The third-order valence-corrected chi connectivity index (χ3v) is 3.46. The van der Waals surface area contributed by atoms with Gasteiger partial charge in [0, 0.05) is 18.2 Å². The van der Waals surface area contributed by atoms with Gasteiger partial charge in [0.05, 0.1) is 24.8 Å². The molecule has 138 valence electrons.